The molecule has 1 fully saturated rings. The summed E-state index contributed by atoms with van der Waals surface area (Å²) in [5, 5.41) is 11.0. The maximum absolute atomic E-state index is 12.2. The van der Waals surface area contributed by atoms with E-state index in [1.165, 1.54) is 0 Å². The fourth-order valence-electron chi connectivity index (χ4n) is 2.20. The van der Waals surface area contributed by atoms with Crippen LogP contribution in [0, 0.1) is 10.1 Å². The van der Waals surface area contributed by atoms with Crippen LogP contribution < -0.4 is 4.72 Å². The molecule has 1 aromatic heterocycles. The third kappa shape index (κ3) is 3.28. The number of nitro groups is 1. The van der Waals surface area contributed by atoms with Gasteiger partial charge in [-0.25, -0.2) is 13.1 Å². The van der Waals surface area contributed by atoms with E-state index >= 15 is 0 Å². The summed E-state index contributed by atoms with van der Waals surface area (Å²) < 4.78 is 26.9. The molecule has 10 heteroatoms. The summed E-state index contributed by atoms with van der Waals surface area (Å²) in [5.41, 5.74) is -0.370. The van der Waals surface area contributed by atoms with Crippen LogP contribution in [0.1, 0.15) is 19.3 Å². The van der Waals surface area contributed by atoms with Crippen LogP contribution in [0.5, 0.6) is 0 Å². The first kappa shape index (κ1) is 16.0. The summed E-state index contributed by atoms with van der Waals surface area (Å²) >= 11 is 8.04. The molecule has 1 aliphatic rings. The summed E-state index contributed by atoms with van der Waals surface area (Å²) in [6.07, 6.45) is 4.68. The van der Waals surface area contributed by atoms with E-state index in [0.717, 1.165) is 25.3 Å². The first-order valence-electron chi connectivity index (χ1n) is 5.84. The van der Waals surface area contributed by atoms with Gasteiger partial charge in [0.25, 0.3) is 15.7 Å². The van der Waals surface area contributed by atoms with Crippen molar-refractivity contribution in [2.24, 2.45) is 0 Å². The number of thiophene rings is 1. The van der Waals surface area contributed by atoms with E-state index in [4.69, 9.17) is 11.6 Å². The molecule has 2 rings (SSSR count). The largest absolute Gasteiger partial charge is 0.300 e. The lowest BCUT2D eigenvalue weighted by atomic mass is 10.3. The van der Waals surface area contributed by atoms with E-state index in [-0.39, 0.29) is 25.5 Å². The lowest BCUT2D eigenvalue weighted by Gasteiger charge is -2.18. The summed E-state index contributed by atoms with van der Waals surface area (Å²) in [6.45, 7) is 0. The topological polar surface area (TPSA) is 89.3 Å². The average Bonchev–Trinajstić information content (AvgIpc) is 2.95. The lowest BCUT2D eigenvalue weighted by Crippen LogP contribution is -2.38. The van der Waals surface area contributed by atoms with Crippen molar-refractivity contribution in [3.8, 4) is 0 Å². The summed E-state index contributed by atoms with van der Waals surface area (Å²) in [5.74, 6) is 0. The van der Waals surface area contributed by atoms with Crippen LogP contribution in [0.4, 0.5) is 5.69 Å². The predicted octanol–water partition coefficient (Wildman–Crippen LogP) is 2.87. The first-order chi connectivity index (χ1) is 9.35. The Labute approximate surface area is 130 Å². The Morgan fingerprint density at radius 3 is 2.80 bits per heavy atom. The van der Waals surface area contributed by atoms with Gasteiger partial charge >= 0.3 is 0 Å². The molecule has 0 spiro atoms. The number of rotatable bonds is 5. The fourth-order valence-corrected chi connectivity index (χ4v) is 6.21. The summed E-state index contributed by atoms with van der Waals surface area (Å²) in [4.78, 5) is 10.0. The second-order valence-corrected chi connectivity index (χ2v) is 9.09. The minimum Gasteiger partial charge on any atom is -0.258 e. The Balaban J connectivity index is 2.22. The van der Waals surface area contributed by atoms with Gasteiger partial charge in [-0.15, -0.1) is 11.3 Å². The van der Waals surface area contributed by atoms with Crippen LogP contribution in [0.3, 0.4) is 0 Å². The molecule has 1 N–H and O–H groups in total. The molecule has 20 heavy (non-hydrogen) atoms. The van der Waals surface area contributed by atoms with Gasteiger partial charge in [0.05, 0.1) is 4.92 Å². The SMILES string of the molecule is CSC1CCCC1NS(=O)(=O)c1cc([N+](=O)[O-])c(Cl)s1. The molecule has 0 radical (unpaired) electrons. The number of hydrogen-bond donors (Lipinski definition) is 1. The average molecular weight is 357 g/mol. The van der Waals surface area contributed by atoms with Gasteiger partial charge in [0.2, 0.25) is 0 Å². The molecular formula is C10H13ClN2O4S3. The van der Waals surface area contributed by atoms with Gasteiger partial charge in [-0.3, -0.25) is 10.1 Å². The highest BCUT2D eigenvalue weighted by atomic mass is 35.5. The zero-order valence-corrected chi connectivity index (χ0v) is 13.7. The van der Waals surface area contributed by atoms with Crippen LogP contribution in [0.15, 0.2) is 10.3 Å². The maximum atomic E-state index is 12.2. The van der Waals surface area contributed by atoms with E-state index in [1.54, 1.807) is 11.8 Å². The molecule has 1 saturated carbocycles. The molecule has 2 unspecified atom stereocenters. The van der Waals surface area contributed by atoms with Crippen LogP contribution in [0.2, 0.25) is 4.34 Å². The van der Waals surface area contributed by atoms with Crippen molar-refractivity contribution in [3.05, 3.63) is 20.5 Å². The van der Waals surface area contributed by atoms with Crippen LogP contribution in [-0.4, -0.2) is 30.9 Å². The predicted molar refractivity (Wildman–Crippen MR) is 81.2 cm³/mol. The Hall–Kier alpha value is -0.350. The monoisotopic (exact) mass is 356 g/mol. The van der Waals surface area contributed by atoms with Crippen molar-refractivity contribution in [1.29, 1.82) is 0 Å². The lowest BCUT2D eigenvalue weighted by molar-refractivity contribution is -0.384. The molecule has 1 aliphatic carbocycles. The van der Waals surface area contributed by atoms with Crippen LogP contribution in [0.25, 0.3) is 0 Å². The van der Waals surface area contributed by atoms with Crippen molar-refractivity contribution in [1.82, 2.24) is 4.72 Å². The van der Waals surface area contributed by atoms with Crippen LogP contribution in [-0.2, 0) is 10.0 Å². The molecule has 1 heterocycles. The van der Waals surface area contributed by atoms with Crippen molar-refractivity contribution < 1.29 is 13.3 Å². The van der Waals surface area contributed by atoms with Gasteiger partial charge in [-0.2, -0.15) is 11.8 Å². The summed E-state index contributed by atoms with van der Waals surface area (Å²) in [6, 6.07) is 0.883. The molecule has 0 aliphatic heterocycles. The zero-order valence-electron chi connectivity index (χ0n) is 10.5. The second-order valence-electron chi connectivity index (χ2n) is 4.41. The smallest absolute Gasteiger partial charge is 0.258 e. The number of nitrogens with one attached hydrogen (secondary N) is 1. The highest BCUT2D eigenvalue weighted by Gasteiger charge is 2.33. The number of hydrogen-bond acceptors (Lipinski definition) is 6. The third-order valence-electron chi connectivity index (χ3n) is 3.17. The van der Waals surface area contributed by atoms with E-state index in [9.17, 15) is 18.5 Å². The normalized spacial score (nSPS) is 23.1. The quantitative estimate of drug-likeness (QED) is 0.647. The molecular weight excluding hydrogens is 344 g/mol. The van der Waals surface area contributed by atoms with Gasteiger partial charge < -0.3 is 0 Å². The molecule has 112 valence electrons. The maximum Gasteiger partial charge on any atom is 0.300 e. The number of sulfonamides is 1. The van der Waals surface area contributed by atoms with Gasteiger partial charge in [-0.05, 0) is 19.1 Å². The van der Waals surface area contributed by atoms with Gasteiger partial charge in [0, 0.05) is 17.4 Å². The van der Waals surface area contributed by atoms with Crippen LogP contribution >= 0.6 is 34.7 Å². The first-order valence-corrected chi connectivity index (χ1v) is 9.80. The molecule has 1 aromatic rings. The minimum absolute atomic E-state index is 0.110. The molecule has 0 bridgehead atoms. The Morgan fingerprint density at radius 2 is 2.25 bits per heavy atom. The molecule has 0 saturated heterocycles. The Morgan fingerprint density at radius 1 is 1.55 bits per heavy atom. The highest BCUT2D eigenvalue weighted by molar-refractivity contribution is 7.99. The van der Waals surface area contributed by atoms with Gasteiger partial charge in [-0.1, -0.05) is 18.0 Å². The molecule has 0 amide bonds. The van der Waals surface area contributed by atoms with Gasteiger partial charge in [0.15, 0.2) is 4.34 Å². The van der Waals surface area contributed by atoms with E-state index in [1.807, 2.05) is 6.26 Å². The van der Waals surface area contributed by atoms with E-state index < -0.39 is 14.9 Å². The highest BCUT2D eigenvalue weighted by Crippen LogP contribution is 2.37. The zero-order chi connectivity index (χ0) is 14.9. The van der Waals surface area contributed by atoms with Crippen molar-refractivity contribution in [2.45, 2.75) is 34.8 Å². The molecule has 2 atom stereocenters. The number of nitrogens with zero attached hydrogens (tertiary/aromatic N) is 1. The fraction of sp³-hybridized carbons (Fsp3) is 0.600. The Bertz CT molecular complexity index is 616. The molecule has 0 aromatic carbocycles. The van der Waals surface area contributed by atoms with Crippen molar-refractivity contribution >= 4 is 50.4 Å². The minimum atomic E-state index is -3.76. The number of thioether (sulfide) groups is 1. The second kappa shape index (κ2) is 6.18. The van der Waals surface area contributed by atoms with E-state index in [2.05, 4.69) is 4.72 Å². The van der Waals surface area contributed by atoms with Crippen molar-refractivity contribution in [2.75, 3.05) is 6.26 Å². The number of halogens is 1. The van der Waals surface area contributed by atoms with E-state index in [0.29, 0.717) is 11.3 Å². The molecule has 6 nitrogen and oxygen atoms in total. The van der Waals surface area contributed by atoms with Gasteiger partial charge in [0.1, 0.15) is 4.21 Å². The standard InChI is InChI=1S/C10H13ClN2O4S3/c1-18-8-4-2-3-6(8)12-20(16,17)9-5-7(13(14)15)10(11)19-9/h5-6,8,12H,2-4H2,1H3. The summed E-state index contributed by atoms with van der Waals surface area (Å²) in [7, 11) is -3.76. The third-order valence-corrected chi connectivity index (χ3v) is 7.64. The van der Waals surface area contributed by atoms with Crippen molar-refractivity contribution in [3.63, 3.8) is 0 Å². The Kier molecular flexibility index (Phi) is 4.96.